The maximum absolute atomic E-state index is 12.8. The molecule has 0 saturated carbocycles. The molecule has 2 amide bonds. The maximum atomic E-state index is 12.8. The number of anilines is 1. The lowest BCUT2D eigenvalue weighted by Gasteiger charge is -2.31. The van der Waals surface area contributed by atoms with Crippen LogP contribution in [0.3, 0.4) is 0 Å². The van der Waals surface area contributed by atoms with Crippen LogP contribution in [0.25, 0.3) is 0 Å². The Morgan fingerprint density at radius 1 is 1.18 bits per heavy atom. The van der Waals surface area contributed by atoms with Crippen LogP contribution in [-0.4, -0.2) is 40.8 Å². The highest BCUT2D eigenvalue weighted by Gasteiger charge is 2.24. The fraction of sp³-hybridized carbons (Fsp3) is 0.400. The molecule has 0 aliphatic carbocycles. The van der Waals surface area contributed by atoms with Crippen LogP contribution in [0.5, 0.6) is 5.75 Å². The Balaban J connectivity index is 1.40. The lowest BCUT2D eigenvalue weighted by molar-refractivity contribution is 0.237. The van der Waals surface area contributed by atoms with Crippen molar-refractivity contribution >= 4 is 11.8 Å². The summed E-state index contributed by atoms with van der Waals surface area (Å²) in [6, 6.07) is 10.9. The van der Waals surface area contributed by atoms with E-state index in [2.05, 4.69) is 32.4 Å². The SMILES string of the molecule is COc1ccccc1C(NC(=O)NCc1ccc(N2CCC(C)CC2)nc1)c1nccn1C. The number of amides is 2. The lowest BCUT2D eigenvalue weighted by Crippen LogP contribution is -2.39. The number of carbonyl (C=O) groups is 1. The van der Waals surface area contributed by atoms with E-state index >= 15 is 0 Å². The summed E-state index contributed by atoms with van der Waals surface area (Å²) in [4.78, 5) is 24.2. The van der Waals surface area contributed by atoms with Crippen molar-refractivity contribution in [2.24, 2.45) is 13.0 Å². The number of hydrogen-bond acceptors (Lipinski definition) is 5. The van der Waals surface area contributed by atoms with Crippen molar-refractivity contribution in [1.82, 2.24) is 25.2 Å². The van der Waals surface area contributed by atoms with Gasteiger partial charge in [0.15, 0.2) is 0 Å². The van der Waals surface area contributed by atoms with E-state index in [1.807, 2.05) is 60.4 Å². The van der Waals surface area contributed by atoms with E-state index in [0.717, 1.165) is 41.8 Å². The number of para-hydroxylation sites is 1. The first-order valence-corrected chi connectivity index (χ1v) is 11.4. The summed E-state index contributed by atoms with van der Waals surface area (Å²) in [6.45, 7) is 4.78. The number of methoxy groups -OCH3 is 1. The number of benzene rings is 1. The Kier molecular flexibility index (Phi) is 7.12. The van der Waals surface area contributed by atoms with E-state index in [0.29, 0.717) is 12.3 Å². The third kappa shape index (κ3) is 5.45. The molecule has 8 nitrogen and oxygen atoms in total. The van der Waals surface area contributed by atoms with E-state index in [9.17, 15) is 4.79 Å². The second-order valence-corrected chi connectivity index (χ2v) is 8.59. The van der Waals surface area contributed by atoms with Gasteiger partial charge in [-0.2, -0.15) is 0 Å². The van der Waals surface area contributed by atoms with Crippen molar-refractivity contribution in [3.63, 3.8) is 0 Å². The average Bonchev–Trinajstić information content (AvgIpc) is 3.27. The quantitative estimate of drug-likeness (QED) is 0.576. The molecule has 174 valence electrons. The van der Waals surface area contributed by atoms with Crippen LogP contribution >= 0.6 is 0 Å². The minimum Gasteiger partial charge on any atom is -0.496 e. The first-order chi connectivity index (χ1) is 16.0. The smallest absolute Gasteiger partial charge is 0.315 e. The Morgan fingerprint density at radius 2 is 1.97 bits per heavy atom. The molecule has 1 unspecified atom stereocenters. The van der Waals surface area contributed by atoms with Crippen molar-refractivity contribution in [2.45, 2.75) is 32.4 Å². The predicted octanol–water partition coefficient (Wildman–Crippen LogP) is 3.65. The highest BCUT2D eigenvalue weighted by atomic mass is 16.5. The van der Waals surface area contributed by atoms with Gasteiger partial charge in [0.05, 0.1) is 7.11 Å². The Labute approximate surface area is 195 Å². The van der Waals surface area contributed by atoms with E-state index in [1.165, 1.54) is 12.8 Å². The van der Waals surface area contributed by atoms with Crippen LogP contribution in [0, 0.1) is 5.92 Å². The van der Waals surface area contributed by atoms with E-state index in [1.54, 1.807) is 13.3 Å². The molecule has 2 aromatic heterocycles. The molecule has 0 spiro atoms. The first-order valence-electron chi connectivity index (χ1n) is 11.4. The van der Waals surface area contributed by atoms with Gasteiger partial charge in [0.2, 0.25) is 0 Å². The Morgan fingerprint density at radius 3 is 2.64 bits per heavy atom. The number of hydrogen-bond donors (Lipinski definition) is 2. The Hall–Kier alpha value is -3.55. The van der Waals surface area contributed by atoms with Gasteiger partial charge in [-0.25, -0.2) is 14.8 Å². The van der Waals surface area contributed by atoms with Gasteiger partial charge in [0, 0.05) is 50.8 Å². The molecule has 1 atom stereocenters. The molecule has 1 fully saturated rings. The van der Waals surface area contributed by atoms with Crippen LogP contribution in [0.15, 0.2) is 55.0 Å². The van der Waals surface area contributed by atoms with Gasteiger partial charge in [-0.3, -0.25) is 0 Å². The number of nitrogens with zero attached hydrogens (tertiary/aromatic N) is 4. The van der Waals surface area contributed by atoms with Gasteiger partial charge in [-0.1, -0.05) is 31.2 Å². The minimum atomic E-state index is -0.455. The largest absolute Gasteiger partial charge is 0.496 e. The summed E-state index contributed by atoms with van der Waals surface area (Å²) < 4.78 is 7.41. The van der Waals surface area contributed by atoms with Crippen molar-refractivity contribution in [3.05, 3.63) is 71.9 Å². The summed E-state index contributed by atoms with van der Waals surface area (Å²) in [5.74, 6) is 3.20. The van der Waals surface area contributed by atoms with Gasteiger partial charge in [0.1, 0.15) is 23.4 Å². The van der Waals surface area contributed by atoms with Gasteiger partial charge in [-0.05, 0) is 36.5 Å². The number of nitrogens with one attached hydrogen (secondary N) is 2. The third-order valence-electron chi connectivity index (χ3n) is 6.21. The van der Waals surface area contributed by atoms with Crippen molar-refractivity contribution in [2.75, 3.05) is 25.1 Å². The van der Waals surface area contributed by atoms with Gasteiger partial charge in [-0.15, -0.1) is 0 Å². The molecular formula is C25H32N6O2. The summed E-state index contributed by atoms with van der Waals surface area (Å²) in [6.07, 6.45) is 7.81. The normalized spacial score (nSPS) is 15.2. The van der Waals surface area contributed by atoms with Crippen molar-refractivity contribution in [1.29, 1.82) is 0 Å². The number of carbonyl (C=O) groups excluding carboxylic acids is 1. The molecule has 1 saturated heterocycles. The molecule has 1 aliphatic rings. The molecule has 4 rings (SSSR count). The number of ether oxygens (including phenoxy) is 1. The highest BCUT2D eigenvalue weighted by molar-refractivity contribution is 5.75. The number of urea groups is 1. The zero-order valence-electron chi connectivity index (χ0n) is 19.5. The topological polar surface area (TPSA) is 84.3 Å². The lowest BCUT2D eigenvalue weighted by atomic mass is 9.99. The highest BCUT2D eigenvalue weighted by Crippen LogP contribution is 2.29. The van der Waals surface area contributed by atoms with Crippen LogP contribution in [0.2, 0.25) is 0 Å². The second kappa shape index (κ2) is 10.4. The molecule has 1 aliphatic heterocycles. The standard InChI is InChI=1S/C25H32N6O2/c1-18-10-13-31(14-11-18)22-9-8-19(16-27-22)17-28-25(32)29-23(24-26-12-15-30(24)2)20-6-4-5-7-21(20)33-3/h4-9,12,15-16,18,23H,10-11,13-14,17H2,1-3H3,(H2,28,29,32). The average molecular weight is 449 g/mol. The molecule has 8 heteroatoms. The number of aryl methyl sites for hydroxylation is 1. The number of piperidine rings is 1. The zero-order chi connectivity index (χ0) is 23.2. The molecule has 3 heterocycles. The fourth-order valence-corrected chi connectivity index (χ4v) is 4.15. The molecule has 1 aromatic carbocycles. The summed E-state index contributed by atoms with van der Waals surface area (Å²) in [5.41, 5.74) is 1.79. The molecular weight excluding hydrogens is 416 g/mol. The zero-order valence-corrected chi connectivity index (χ0v) is 19.5. The number of rotatable bonds is 7. The Bertz CT molecular complexity index is 1060. The molecule has 0 bridgehead atoms. The van der Waals surface area contributed by atoms with Gasteiger partial charge in [0.25, 0.3) is 0 Å². The first kappa shape index (κ1) is 22.6. The van der Waals surface area contributed by atoms with Crippen LogP contribution < -0.4 is 20.3 Å². The predicted molar refractivity (Wildman–Crippen MR) is 128 cm³/mol. The van der Waals surface area contributed by atoms with Gasteiger partial charge >= 0.3 is 6.03 Å². The maximum Gasteiger partial charge on any atom is 0.315 e. The summed E-state index contributed by atoms with van der Waals surface area (Å²) in [5, 5.41) is 5.99. The number of pyridine rings is 1. The van der Waals surface area contributed by atoms with Crippen LogP contribution in [0.4, 0.5) is 10.6 Å². The van der Waals surface area contributed by atoms with E-state index < -0.39 is 6.04 Å². The summed E-state index contributed by atoms with van der Waals surface area (Å²) in [7, 11) is 3.52. The second-order valence-electron chi connectivity index (χ2n) is 8.59. The fourth-order valence-electron chi connectivity index (χ4n) is 4.15. The monoisotopic (exact) mass is 448 g/mol. The minimum absolute atomic E-state index is 0.289. The van der Waals surface area contributed by atoms with Crippen molar-refractivity contribution < 1.29 is 9.53 Å². The molecule has 33 heavy (non-hydrogen) atoms. The van der Waals surface area contributed by atoms with Crippen LogP contribution in [0.1, 0.15) is 42.8 Å². The number of imidazole rings is 1. The van der Waals surface area contributed by atoms with E-state index in [-0.39, 0.29) is 6.03 Å². The van der Waals surface area contributed by atoms with Gasteiger partial charge < -0.3 is 24.8 Å². The van der Waals surface area contributed by atoms with Crippen LogP contribution in [-0.2, 0) is 13.6 Å². The molecule has 2 N–H and O–H groups in total. The third-order valence-corrected chi connectivity index (χ3v) is 6.21. The molecule has 3 aromatic rings. The van der Waals surface area contributed by atoms with Crippen molar-refractivity contribution in [3.8, 4) is 5.75 Å². The molecule has 0 radical (unpaired) electrons. The summed E-state index contributed by atoms with van der Waals surface area (Å²) >= 11 is 0. The van der Waals surface area contributed by atoms with E-state index in [4.69, 9.17) is 4.74 Å². The number of aromatic nitrogens is 3.